The van der Waals surface area contributed by atoms with Gasteiger partial charge in [-0.15, -0.1) is 0 Å². The Labute approximate surface area is 117 Å². The van der Waals surface area contributed by atoms with E-state index in [2.05, 4.69) is 11.8 Å². The lowest BCUT2D eigenvalue weighted by Crippen LogP contribution is -2.37. The van der Waals surface area contributed by atoms with Crippen LogP contribution in [0.2, 0.25) is 0 Å². The van der Waals surface area contributed by atoms with Crippen LogP contribution in [-0.2, 0) is 0 Å². The average Bonchev–Trinajstić information content (AvgIpc) is 2.45. The van der Waals surface area contributed by atoms with Gasteiger partial charge in [0.1, 0.15) is 5.82 Å². The summed E-state index contributed by atoms with van der Waals surface area (Å²) in [6.45, 7) is 1.46. The van der Waals surface area contributed by atoms with Crippen LogP contribution in [-0.4, -0.2) is 47.3 Å². The van der Waals surface area contributed by atoms with Crippen molar-refractivity contribution in [3.63, 3.8) is 0 Å². The number of rotatable bonds is 4. The van der Waals surface area contributed by atoms with Gasteiger partial charge in [-0.05, 0) is 25.1 Å². The Morgan fingerprint density at radius 2 is 2.15 bits per heavy atom. The second-order valence-corrected chi connectivity index (χ2v) is 4.41. The van der Waals surface area contributed by atoms with Crippen molar-refractivity contribution in [2.24, 2.45) is 0 Å². The maximum atomic E-state index is 13.3. The van der Waals surface area contributed by atoms with E-state index in [-0.39, 0.29) is 42.7 Å². The third-order valence-electron chi connectivity index (χ3n) is 2.92. The van der Waals surface area contributed by atoms with E-state index in [1.165, 1.54) is 23.1 Å². The van der Waals surface area contributed by atoms with E-state index in [0.717, 1.165) is 0 Å². The fourth-order valence-corrected chi connectivity index (χ4v) is 1.53. The quantitative estimate of drug-likeness (QED) is 0.809. The second kappa shape index (κ2) is 7.63. The first kappa shape index (κ1) is 16.2. The number of benzene rings is 1. The first-order valence-corrected chi connectivity index (χ1v) is 6.28. The standard InChI is InChI=1S/C15H18FNO3/c1-11(10-19)17(2)15(20)14-7-6-13(16)9-12(14)5-3-4-8-18/h6-7,9,11,18-19H,4,8,10H2,1-2H3. The fourth-order valence-electron chi connectivity index (χ4n) is 1.53. The molecule has 1 aromatic carbocycles. The molecule has 0 saturated heterocycles. The highest BCUT2D eigenvalue weighted by molar-refractivity contribution is 5.96. The number of likely N-dealkylation sites (N-methyl/N-ethyl adjacent to an activating group) is 1. The molecule has 0 aliphatic heterocycles. The van der Waals surface area contributed by atoms with Crippen molar-refractivity contribution < 1.29 is 19.4 Å². The van der Waals surface area contributed by atoms with Crippen molar-refractivity contribution in [3.05, 3.63) is 35.1 Å². The van der Waals surface area contributed by atoms with E-state index >= 15 is 0 Å². The first-order valence-electron chi connectivity index (χ1n) is 6.28. The molecule has 4 nitrogen and oxygen atoms in total. The van der Waals surface area contributed by atoms with Gasteiger partial charge in [-0.3, -0.25) is 4.79 Å². The minimum absolute atomic E-state index is 0.0902. The Kier molecular flexibility index (Phi) is 6.16. The first-order chi connectivity index (χ1) is 9.51. The number of amides is 1. The largest absolute Gasteiger partial charge is 0.395 e. The third kappa shape index (κ3) is 4.05. The number of nitrogens with zero attached hydrogens (tertiary/aromatic N) is 1. The number of carbonyl (C=O) groups is 1. The molecule has 0 radical (unpaired) electrons. The second-order valence-electron chi connectivity index (χ2n) is 4.41. The van der Waals surface area contributed by atoms with Gasteiger partial charge in [0.15, 0.2) is 0 Å². The Bertz CT molecular complexity index is 534. The van der Waals surface area contributed by atoms with Gasteiger partial charge in [0.25, 0.3) is 5.91 Å². The van der Waals surface area contributed by atoms with Crippen LogP contribution < -0.4 is 0 Å². The molecule has 0 aliphatic rings. The molecule has 108 valence electrons. The highest BCUT2D eigenvalue weighted by Gasteiger charge is 2.19. The van der Waals surface area contributed by atoms with Crippen LogP contribution >= 0.6 is 0 Å². The molecular weight excluding hydrogens is 261 g/mol. The summed E-state index contributed by atoms with van der Waals surface area (Å²) in [5.41, 5.74) is 0.556. The van der Waals surface area contributed by atoms with Crippen LogP contribution in [0.4, 0.5) is 4.39 Å². The van der Waals surface area contributed by atoms with Crippen LogP contribution in [0.15, 0.2) is 18.2 Å². The molecule has 1 unspecified atom stereocenters. The Morgan fingerprint density at radius 1 is 1.45 bits per heavy atom. The Hall–Kier alpha value is -1.90. The van der Waals surface area contributed by atoms with Gasteiger partial charge in [0.2, 0.25) is 0 Å². The zero-order valence-electron chi connectivity index (χ0n) is 11.6. The molecule has 2 N–H and O–H groups in total. The number of halogens is 1. The summed E-state index contributed by atoms with van der Waals surface area (Å²) in [5.74, 6) is 4.54. The average molecular weight is 279 g/mol. The summed E-state index contributed by atoms with van der Waals surface area (Å²) in [4.78, 5) is 13.7. The molecule has 20 heavy (non-hydrogen) atoms. The van der Waals surface area contributed by atoms with Crippen LogP contribution in [0, 0.1) is 17.7 Å². The summed E-state index contributed by atoms with van der Waals surface area (Å²) in [6, 6.07) is 3.42. The maximum absolute atomic E-state index is 13.3. The van der Waals surface area contributed by atoms with Crippen LogP contribution in [0.3, 0.4) is 0 Å². The predicted molar refractivity (Wildman–Crippen MR) is 73.6 cm³/mol. The van der Waals surface area contributed by atoms with Gasteiger partial charge in [-0.2, -0.15) is 0 Å². The molecule has 1 rings (SSSR count). The van der Waals surface area contributed by atoms with Crippen LogP contribution in [0.1, 0.15) is 29.3 Å². The van der Waals surface area contributed by atoms with Crippen molar-refractivity contribution in [2.45, 2.75) is 19.4 Å². The molecule has 0 heterocycles. The molecular formula is C15H18FNO3. The summed E-state index contributed by atoms with van der Waals surface area (Å²) in [7, 11) is 1.57. The smallest absolute Gasteiger partial charge is 0.255 e. The lowest BCUT2D eigenvalue weighted by molar-refractivity contribution is 0.0682. The lowest BCUT2D eigenvalue weighted by Gasteiger charge is -2.23. The highest BCUT2D eigenvalue weighted by Crippen LogP contribution is 2.14. The molecule has 0 aromatic heterocycles. The van der Waals surface area contributed by atoms with Crippen molar-refractivity contribution in [2.75, 3.05) is 20.3 Å². The van der Waals surface area contributed by atoms with E-state index in [4.69, 9.17) is 10.2 Å². The van der Waals surface area contributed by atoms with E-state index in [1.807, 2.05) is 0 Å². The molecule has 0 fully saturated rings. The predicted octanol–water partition coefficient (Wildman–Crippen LogP) is 1.01. The van der Waals surface area contributed by atoms with Crippen molar-refractivity contribution in [1.29, 1.82) is 0 Å². The molecule has 1 atom stereocenters. The summed E-state index contributed by atoms with van der Waals surface area (Å²) in [5, 5.41) is 17.8. The summed E-state index contributed by atoms with van der Waals surface area (Å²) in [6.07, 6.45) is 0.257. The highest BCUT2D eigenvalue weighted by atomic mass is 19.1. The number of carbonyl (C=O) groups excluding carboxylic acids is 1. The molecule has 0 spiro atoms. The zero-order valence-corrected chi connectivity index (χ0v) is 11.6. The minimum Gasteiger partial charge on any atom is -0.395 e. The van der Waals surface area contributed by atoms with E-state index in [0.29, 0.717) is 0 Å². The molecule has 0 aliphatic carbocycles. The van der Waals surface area contributed by atoms with Crippen LogP contribution in [0.5, 0.6) is 0 Å². The van der Waals surface area contributed by atoms with Crippen molar-refractivity contribution in [1.82, 2.24) is 4.90 Å². The van der Waals surface area contributed by atoms with Crippen molar-refractivity contribution in [3.8, 4) is 11.8 Å². The Balaban J connectivity index is 3.11. The molecule has 1 aromatic rings. The molecule has 0 bridgehead atoms. The van der Waals surface area contributed by atoms with Gasteiger partial charge in [-0.25, -0.2) is 4.39 Å². The zero-order chi connectivity index (χ0) is 15.1. The molecule has 1 amide bonds. The normalized spacial score (nSPS) is 11.4. The van der Waals surface area contributed by atoms with Gasteiger partial charge in [-0.1, -0.05) is 11.8 Å². The topological polar surface area (TPSA) is 60.8 Å². The molecule has 0 saturated carbocycles. The summed E-state index contributed by atoms with van der Waals surface area (Å²) >= 11 is 0. The number of hydrogen-bond acceptors (Lipinski definition) is 3. The van der Waals surface area contributed by atoms with E-state index in [9.17, 15) is 9.18 Å². The number of hydrogen-bond donors (Lipinski definition) is 2. The van der Waals surface area contributed by atoms with E-state index in [1.54, 1.807) is 14.0 Å². The Morgan fingerprint density at radius 3 is 2.75 bits per heavy atom. The van der Waals surface area contributed by atoms with Gasteiger partial charge in [0.05, 0.1) is 24.8 Å². The van der Waals surface area contributed by atoms with E-state index < -0.39 is 5.82 Å². The maximum Gasteiger partial charge on any atom is 0.255 e. The monoisotopic (exact) mass is 279 g/mol. The van der Waals surface area contributed by atoms with Crippen molar-refractivity contribution >= 4 is 5.91 Å². The molecule has 5 heteroatoms. The SMILES string of the molecule is CC(CO)N(C)C(=O)c1ccc(F)cc1C#CCCO. The van der Waals surface area contributed by atoms with Crippen LogP contribution in [0.25, 0.3) is 0 Å². The number of aliphatic hydroxyl groups excluding tert-OH is 2. The van der Waals surface area contributed by atoms with Gasteiger partial charge >= 0.3 is 0 Å². The van der Waals surface area contributed by atoms with Gasteiger partial charge in [0, 0.05) is 19.0 Å². The lowest BCUT2D eigenvalue weighted by atomic mass is 10.1. The fraction of sp³-hybridized carbons (Fsp3) is 0.400. The third-order valence-corrected chi connectivity index (χ3v) is 2.92. The summed E-state index contributed by atoms with van der Waals surface area (Å²) < 4.78 is 13.3. The minimum atomic E-state index is -0.479. The number of aliphatic hydroxyl groups is 2. The van der Waals surface area contributed by atoms with Gasteiger partial charge < -0.3 is 15.1 Å².